The van der Waals surface area contributed by atoms with Gasteiger partial charge in [-0.25, -0.2) is 0 Å². The summed E-state index contributed by atoms with van der Waals surface area (Å²) in [5.74, 6) is 0. The van der Waals surface area contributed by atoms with Gasteiger partial charge in [-0.3, -0.25) is 4.98 Å². The maximum atomic E-state index is 5.51. The lowest BCUT2D eigenvalue weighted by atomic mass is 10.1. The summed E-state index contributed by atoms with van der Waals surface area (Å²) in [4.78, 5) is 4.62. The number of hydrogen-bond acceptors (Lipinski definition) is 2. The second kappa shape index (κ2) is 3.11. The molecule has 0 saturated heterocycles. The third-order valence-electron chi connectivity index (χ3n) is 1.89. The van der Waals surface area contributed by atoms with Crippen molar-refractivity contribution in [3.63, 3.8) is 0 Å². The van der Waals surface area contributed by atoms with Crippen LogP contribution >= 0.6 is 12.2 Å². The summed E-state index contributed by atoms with van der Waals surface area (Å²) in [6.07, 6.45) is 1.76. The number of thiocarbonyl (C=S) groups is 1. The molecular weight excluding hydrogens is 180 g/mol. The monoisotopic (exact) mass is 188 g/mol. The van der Waals surface area contributed by atoms with Crippen LogP contribution in [0.3, 0.4) is 0 Å². The van der Waals surface area contributed by atoms with Crippen molar-refractivity contribution in [1.29, 1.82) is 0 Å². The van der Waals surface area contributed by atoms with E-state index in [0.717, 1.165) is 16.5 Å². The fourth-order valence-electron chi connectivity index (χ4n) is 1.22. The van der Waals surface area contributed by atoms with Crippen molar-refractivity contribution in [3.8, 4) is 0 Å². The van der Waals surface area contributed by atoms with Gasteiger partial charge in [0.05, 0.1) is 5.52 Å². The summed E-state index contributed by atoms with van der Waals surface area (Å²) in [6, 6.07) is 9.69. The molecule has 1 aromatic carbocycles. The van der Waals surface area contributed by atoms with Crippen LogP contribution in [0.2, 0.25) is 0 Å². The van der Waals surface area contributed by atoms with Crippen LogP contribution < -0.4 is 5.73 Å². The predicted octanol–water partition coefficient (Wildman–Crippen LogP) is 1.87. The smallest absolute Gasteiger partial charge is 0.104 e. The van der Waals surface area contributed by atoms with Gasteiger partial charge in [0.1, 0.15) is 4.99 Å². The van der Waals surface area contributed by atoms with Crippen molar-refractivity contribution in [2.24, 2.45) is 5.73 Å². The molecule has 1 aromatic heterocycles. The molecule has 64 valence electrons. The van der Waals surface area contributed by atoms with E-state index >= 15 is 0 Å². The minimum atomic E-state index is 0.410. The summed E-state index contributed by atoms with van der Waals surface area (Å²) in [6.45, 7) is 0. The first-order valence-corrected chi connectivity index (χ1v) is 4.33. The Kier molecular flexibility index (Phi) is 1.94. The van der Waals surface area contributed by atoms with Crippen molar-refractivity contribution in [2.75, 3.05) is 0 Å². The normalized spacial score (nSPS) is 10.2. The molecule has 0 unspecified atom stereocenters. The lowest BCUT2D eigenvalue weighted by Gasteiger charge is -1.99. The first-order valence-electron chi connectivity index (χ1n) is 3.92. The lowest BCUT2D eigenvalue weighted by Crippen LogP contribution is -2.08. The number of fused-ring (bicyclic) bond motifs is 1. The Morgan fingerprint density at radius 1 is 1.31 bits per heavy atom. The van der Waals surface area contributed by atoms with Gasteiger partial charge in [-0.2, -0.15) is 0 Å². The molecule has 13 heavy (non-hydrogen) atoms. The number of hydrogen-bond donors (Lipinski definition) is 1. The molecular formula is C10H8N2S. The van der Waals surface area contributed by atoms with Crippen LogP contribution in [0.25, 0.3) is 10.9 Å². The number of benzene rings is 1. The molecule has 0 bridgehead atoms. The van der Waals surface area contributed by atoms with Gasteiger partial charge in [-0.05, 0) is 12.1 Å². The summed E-state index contributed by atoms with van der Waals surface area (Å²) >= 11 is 4.87. The van der Waals surface area contributed by atoms with E-state index in [-0.39, 0.29) is 0 Å². The van der Waals surface area contributed by atoms with Crippen LogP contribution in [0, 0.1) is 0 Å². The van der Waals surface area contributed by atoms with E-state index in [0.29, 0.717) is 4.99 Å². The molecule has 2 nitrogen and oxygen atoms in total. The van der Waals surface area contributed by atoms with Gasteiger partial charge >= 0.3 is 0 Å². The van der Waals surface area contributed by atoms with E-state index in [1.54, 1.807) is 6.20 Å². The molecule has 0 saturated carbocycles. The van der Waals surface area contributed by atoms with Crippen LogP contribution in [-0.2, 0) is 0 Å². The first-order chi connectivity index (χ1) is 6.27. The maximum absolute atomic E-state index is 5.51. The standard InChI is InChI=1S/C10H8N2S/c11-10(13)8-4-3-7-2-1-5-12-9(7)6-8/h1-6H,(H2,11,13). The average molecular weight is 188 g/mol. The molecule has 0 aliphatic rings. The van der Waals surface area contributed by atoms with E-state index in [2.05, 4.69) is 4.98 Å². The van der Waals surface area contributed by atoms with Gasteiger partial charge in [0, 0.05) is 17.1 Å². The Morgan fingerprint density at radius 2 is 2.15 bits per heavy atom. The highest BCUT2D eigenvalue weighted by Gasteiger charge is 1.98. The Labute approximate surface area is 81.4 Å². The summed E-state index contributed by atoms with van der Waals surface area (Å²) in [5, 5.41) is 1.10. The van der Waals surface area contributed by atoms with Crippen molar-refractivity contribution in [3.05, 3.63) is 42.1 Å². The van der Waals surface area contributed by atoms with Crippen molar-refractivity contribution in [1.82, 2.24) is 4.98 Å². The van der Waals surface area contributed by atoms with E-state index in [4.69, 9.17) is 18.0 Å². The van der Waals surface area contributed by atoms with Crippen LogP contribution in [0.4, 0.5) is 0 Å². The number of aromatic nitrogens is 1. The second-order valence-corrected chi connectivity index (χ2v) is 3.21. The van der Waals surface area contributed by atoms with Crippen molar-refractivity contribution in [2.45, 2.75) is 0 Å². The van der Waals surface area contributed by atoms with Crippen LogP contribution in [0.15, 0.2) is 36.5 Å². The second-order valence-electron chi connectivity index (χ2n) is 2.78. The van der Waals surface area contributed by atoms with Crippen molar-refractivity contribution < 1.29 is 0 Å². The molecule has 2 N–H and O–H groups in total. The van der Waals surface area contributed by atoms with Gasteiger partial charge in [0.15, 0.2) is 0 Å². The van der Waals surface area contributed by atoms with Gasteiger partial charge in [0.2, 0.25) is 0 Å². The Balaban J connectivity index is 2.69. The first kappa shape index (κ1) is 8.13. The number of nitrogens with two attached hydrogens (primary N) is 1. The zero-order chi connectivity index (χ0) is 9.26. The van der Waals surface area contributed by atoms with Crippen molar-refractivity contribution >= 4 is 28.1 Å². The fourth-order valence-corrected chi connectivity index (χ4v) is 1.35. The highest BCUT2D eigenvalue weighted by molar-refractivity contribution is 7.80. The van der Waals surface area contributed by atoms with Gasteiger partial charge in [-0.1, -0.05) is 30.4 Å². The van der Waals surface area contributed by atoms with Gasteiger partial charge in [0.25, 0.3) is 0 Å². The molecule has 1 heterocycles. The van der Waals surface area contributed by atoms with Crippen LogP contribution in [0.5, 0.6) is 0 Å². The Morgan fingerprint density at radius 3 is 2.92 bits per heavy atom. The number of pyridine rings is 1. The topological polar surface area (TPSA) is 38.9 Å². The van der Waals surface area contributed by atoms with E-state index < -0.39 is 0 Å². The van der Waals surface area contributed by atoms with E-state index in [9.17, 15) is 0 Å². The number of nitrogens with zero attached hydrogens (tertiary/aromatic N) is 1. The summed E-state index contributed by atoms with van der Waals surface area (Å²) in [5.41, 5.74) is 7.29. The average Bonchev–Trinajstić information content (AvgIpc) is 2.17. The van der Waals surface area contributed by atoms with E-state index in [1.165, 1.54) is 0 Å². The fraction of sp³-hybridized carbons (Fsp3) is 0. The third kappa shape index (κ3) is 1.51. The van der Waals surface area contributed by atoms with Crippen LogP contribution in [-0.4, -0.2) is 9.97 Å². The highest BCUT2D eigenvalue weighted by atomic mass is 32.1. The Bertz CT molecular complexity index is 465. The predicted molar refractivity (Wildman–Crippen MR) is 57.6 cm³/mol. The van der Waals surface area contributed by atoms with Crippen LogP contribution in [0.1, 0.15) is 5.56 Å². The molecule has 0 amide bonds. The quantitative estimate of drug-likeness (QED) is 0.694. The zero-order valence-corrected chi connectivity index (χ0v) is 7.71. The minimum Gasteiger partial charge on any atom is -0.389 e. The minimum absolute atomic E-state index is 0.410. The van der Waals surface area contributed by atoms with Gasteiger partial charge in [-0.15, -0.1) is 0 Å². The molecule has 0 radical (unpaired) electrons. The van der Waals surface area contributed by atoms with E-state index in [1.807, 2.05) is 30.3 Å². The zero-order valence-electron chi connectivity index (χ0n) is 6.90. The number of rotatable bonds is 1. The molecule has 0 aliphatic heterocycles. The molecule has 2 aromatic rings. The molecule has 2 rings (SSSR count). The lowest BCUT2D eigenvalue weighted by molar-refractivity contribution is 1.41. The maximum Gasteiger partial charge on any atom is 0.104 e. The third-order valence-corrected chi connectivity index (χ3v) is 2.13. The molecule has 0 aliphatic carbocycles. The summed E-state index contributed by atoms with van der Waals surface area (Å²) < 4.78 is 0. The Hall–Kier alpha value is -1.48. The molecule has 0 fully saturated rings. The molecule has 0 atom stereocenters. The largest absolute Gasteiger partial charge is 0.389 e. The highest BCUT2D eigenvalue weighted by Crippen LogP contribution is 2.12. The molecule has 3 heteroatoms. The summed E-state index contributed by atoms with van der Waals surface area (Å²) in [7, 11) is 0. The molecule has 0 spiro atoms. The SMILES string of the molecule is NC(=S)c1ccc2cccnc2c1. The van der Waals surface area contributed by atoms with Gasteiger partial charge < -0.3 is 5.73 Å².